The first-order chi connectivity index (χ1) is 17.6. The van der Waals surface area contributed by atoms with Gasteiger partial charge in [0.05, 0.1) is 0 Å². The van der Waals surface area contributed by atoms with Crippen molar-refractivity contribution < 1.29 is 45.8 Å². The topological polar surface area (TPSA) is 147 Å². The number of carbonyl (C=O) groups is 2. The van der Waals surface area contributed by atoms with E-state index < -0.39 is 64.0 Å². The van der Waals surface area contributed by atoms with Crippen molar-refractivity contribution >= 4 is 36.6 Å². The maximum atomic E-state index is 12.7. The van der Waals surface area contributed by atoms with Gasteiger partial charge in [0.1, 0.15) is 0 Å². The number of piperidine rings is 1. The molecule has 38 heavy (non-hydrogen) atoms. The summed E-state index contributed by atoms with van der Waals surface area (Å²) < 4.78 is 81.5. The zero-order valence-electron chi connectivity index (χ0n) is 19.3. The summed E-state index contributed by atoms with van der Waals surface area (Å²) in [4.78, 5) is 28.8. The molecule has 1 saturated heterocycles. The molecule has 10 nitrogen and oxygen atoms in total. The van der Waals surface area contributed by atoms with E-state index in [9.17, 15) is 46.3 Å². The third kappa shape index (κ3) is 6.96. The van der Waals surface area contributed by atoms with Crippen molar-refractivity contribution in [3.63, 3.8) is 0 Å². The number of nitriles is 1. The molecule has 1 radical (unpaired) electrons. The van der Waals surface area contributed by atoms with E-state index in [1.807, 2.05) is 6.07 Å². The van der Waals surface area contributed by atoms with Crippen molar-refractivity contribution in [1.29, 1.82) is 5.26 Å². The molecule has 3 heterocycles. The number of nitrogens with zero attached hydrogens (tertiary/aromatic N) is 5. The number of aliphatic hydroxyl groups excluding tert-OH is 1. The van der Waals surface area contributed by atoms with Crippen LogP contribution in [0.3, 0.4) is 0 Å². The monoisotopic (exact) mass is 609 g/mol. The minimum atomic E-state index is -4.89. The van der Waals surface area contributed by atoms with E-state index in [0.29, 0.717) is 4.35 Å². The van der Waals surface area contributed by atoms with Crippen LogP contribution in [0.15, 0.2) is 24.5 Å². The Morgan fingerprint density at radius 1 is 1.24 bits per heavy atom. The number of carbonyl (C=O) groups excluding carboxylic acids is 2. The number of halogens is 6. The predicted octanol–water partition coefficient (Wildman–Crippen LogP) is 1.03. The molecule has 205 valence electrons. The van der Waals surface area contributed by atoms with Crippen LogP contribution in [-0.4, -0.2) is 84.6 Å². The van der Waals surface area contributed by atoms with Gasteiger partial charge in [-0.15, -0.1) is 0 Å². The summed E-state index contributed by atoms with van der Waals surface area (Å²) in [5, 5.41) is 23.2. The van der Waals surface area contributed by atoms with Crippen LogP contribution in [0.5, 0.6) is 0 Å². The van der Waals surface area contributed by atoms with Gasteiger partial charge in [-0.05, 0) is 0 Å². The van der Waals surface area contributed by atoms with Crippen LogP contribution in [-0.2, 0) is 10.3 Å². The zero-order chi connectivity index (χ0) is 28.3. The molecule has 1 aliphatic heterocycles. The number of aliphatic hydroxyl groups is 1. The van der Waals surface area contributed by atoms with Crippen LogP contribution >= 0.6 is 0 Å². The van der Waals surface area contributed by atoms with Gasteiger partial charge in [-0.25, -0.2) is 0 Å². The van der Waals surface area contributed by atoms with E-state index >= 15 is 0 Å². The summed E-state index contributed by atoms with van der Waals surface area (Å²) in [6, 6.07) is 4.35. The molecule has 0 bridgehead atoms. The standard InChI is InChI=1S/C21H20AsF6N6O4/c23-20(24,25)11-38-18(37)33-7-4-19(3-6-29,5-8-33)34-10-13(17(30)36)16(32-34)22-12-1-2-14(31-9-12)15(35)21(26,27)28/h1-2,9-10,15,35H,3-5,7-8,11H2,(H2,30,36). The average Bonchev–Trinajstić information content (AvgIpc) is 3.27. The molecule has 0 aromatic carbocycles. The first-order valence-electron chi connectivity index (χ1n) is 10.8. The van der Waals surface area contributed by atoms with Crippen LogP contribution in [0, 0.1) is 11.3 Å². The fourth-order valence-corrected chi connectivity index (χ4v) is 5.72. The second-order valence-corrected chi connectivity index (χ2v) is 10.8. The van der Waals surface area contributed by atoms with Gasteiger partial charge in [0, 0.05) is 0 Å². The fraction of sp³-hybridized carbons (Fsp3) is 0.476. The Kier molecular flexibility index (Phi) is 8.62. The first-order valence-corrected chi connectivity index (χ1v) is 12.7. The number of hydrogen-bond acceptors (Lipinski definition) is 7. The third-order valence-electron chi connectivity index (χ3n) is 5.76. The Morgan fingerprint density at radius 2 is 1.89 bits per heavy atom. The van der Waals surface area contributed by atoms with Crippen molar-refractivity contribution in [2.24, 2.45) is 5.73 Å². The van der Waals surface area contributed by atoms with Gasteiger partial charge < -0.3 is 0 Å². The molecule has 3 N–H and O–H groups in total. The van der Waals surface area contributed by atoms with Crippen molar-refractivity contribution in [3.8, 4) is 6.07 Å². The summed E-state index contributed by atoms with van der Waals surface area (Å²) in [5.41, 5.74) is 3.91. The van der Waals surface area contributed by atoms with Gasteiger partial charge in [-0.3, -0.25) is 0 Å². The number of primary amides is 1. The maximum absolute atomic E-state index is 12.7. The second kappa shape index (κ2) is 11.2. The number of alkyl halides is 6. The van der Waals surface area contributed by atoms with E-state index in [-0.39, 0.29) is 42.4 Å². The summed E-state index contributed by atoms with van der Waals surface area (Å²) in [7, 11) is 0. The number of rotatable bonds is 7. The van der Waals surface area contributed by atoms with E-state index in [1.165, 1.54) is 16.9 Å². The summed E-state index contributed by atoms with van der Waals surface area (Å²) in [6.45, 7) is -1.82. The summed E-state index contributed by atoms with van der Waals surface area (Å²) in [6.07, 6.45) is -10.9. The molecule has 0 saturated carbocycles. The molecule has 1 fully saturated rings. The van der Waals surface area contributed by atoms with Crippen LogP contribution in [0.25, 0.3) is 0 Å². The Morgan fingerprint density at radius 3 is 2.39 bits per heavy atom. The Bertz CT molecular complexity index is 1200. The summed E-state index contributed by atoms with van der Waals surface area (Å²) >= 11 is -1.11. The quantitative estimate of drug-likeness (QED) is 0.352. The number of ether oxygens (including phenoxy) is 1. The number of nitrogens with two attached hydrogens (primary N) is 1. The molecule has 0 spiro atoms. The molecule has 3 rings (SSSR count). The zero-order valence-corrected chi connectivity index (χ0v) is 21.2. The number of hydrogen-bond donors (Lipinski definition) is 2. The van der Waals surface area contributed by atoms with Crippen LogP contribution in [0.1, 0.15) is 41.4 Å². The van der Waals surface area contributed by atoms with Gasteiger partial charge >= 0.3 is 218 Å². The molecule has 2 aromatic rings. The van der Waals surface area contributed by atoms with Crippen molar-refractivity contribution in [3.05, 3.63) is 35.8 Å². The molecule has 17 heteroatoms. The molecule has 2 aromatic heterocycles. The van der Waals surface area contributed by atoms with E-state index in [4.69, 9.17) is 5.73 Å². The Labute approximate surface area is 218 Å². The SMILES string of the molecule is N#CCC1(n2cc(C(N)=O)c([As]c3ccc(C(O)C(F)(F)F)nc3)n2)CCN(C(=O)OCC(F)(F)F)CC1. The van der Waals surface area contributed by atoms with Gasteiger partial charge in [-0.1, -0.05) is 0 Å². The van der Waals surface area contributed by atoms with E-state index in [0.717, 1.165) is 17.2 Å². The first kappa shape index (κ1) is 29.2. The Hall–Kier alpha value is -3.31. The van der Waals surface area contributed by atoms with E-state index in [1.54, 1.807) is 0 Å². The van der Waals surface area contributed by atoms with Gasteiger partial charge in [0.2, 0.25) is 0 Å². The minimum absolute atomic E-state index is 0.0220. The number of amides is 2. The molecule has 1 unspecified atom stereocenters. The van der Waals surface area contributed by atoms with Crippen molar-refractivity contribution in [1.82, 2.24) is 19.7 Å². The molecule has 1 atom stereocenters. The normalized spacial score (nSPS) is 16.8. The van der Waals surface area contributed by atoms with Crippen LogP contribution in [0.2, 0.25) is 0 Å². The Balaban J connectivity index is 1.80. The van der Waals surface area contributed by atoms with Gasteiger partial charge in [0.15, 0.2) is 0 Å². The van der Waals surface area contributed by atoms with Crippen molar-refractivity contribution in [2.45, 2.75) is 43.3 Å². The molecule has 1 aliphatic rings. The van der Waals surface area contributed by atoms with Crippen LogP contribution < -0.4 is 14.6 Å². The van der Waals surface area contributed by atoms with Crippen molar-refractivity contribution in [2.75, 3.05) is 19.7 Å². The average molecular weight is 609 g/mol. The molecule has 2 amide bonds. The molecular formula is C21H20AsF6N6O4. The molecular weight excluding hydrogens is 589 g/mol. The second-order valence-electron chi connectivity index (χ2n) is 8.39. The number of pyridine rings is 1. The third-order valence-corrected chi connectivity index (χ3v) is 8.00. The van der Waals surface area contributed by atoms with Gasteiger partial charge in [-0.2, -0.15) is 0 Å². The fourth-order valence-electron chi connectivity index (χ4n) is 3.75. The molecule has 0 aliphatic carbocycles. The van der Waals surface area contributed by atoms with Gasteiger partial charge in [0.25, 0.3) is 0 Å². The summed E-state index contributed by atoms with van der Waals surface area (Å²) in [5.74, 6) is -0.834. The number of aromatic nitrogens is 3. The number of likely N-dealkylation sites (tertiary alicyclic amines) is 1. The predicted molar refractivity (Wildman–Crippen MR) is 117 cm³/mol. The van der Waals surface area contributed by atoms with Crippen LogP contribution in [0.4, 0.5) is 31.1 Å². The van der Waals surface area contributed by atoms with E-state index in [2.05, 4.69) is 14.8 Å².